The van der Waals surface area contributed by atoms with Crippen molar-refractivity contribution < 1.29 is 9.21 Å². The second-order valence-electron chi connectivity index (χ2n) is 5.23. The predicted molar refractivity (Wildman–Crippen MR) is 99.3 cm³/mol. The zero-order chi connectivity index (χ0) is 18.0. The number of rotatable bonds is 5. The molecular formula is C16H14Cl2N4O2S. The van der Waals surface area contributed by atoms with Crippen molar-refractivity contribution in [2.45, 2.75) is 12.1 Å². The summed E-state index contributed by atoms with van der Waals surface area (Å²) in [6, 6.07) is 7.07. The average Bonchev–Trinajstić information content (AvgIpc) is 3.23. The summed E-state index contributed by atoms with van der Waals surface area (Å²) in [7, 11) is 1.81. The quantitative estimate of drug-likeness (QED) is 0.646. The van der Waals surface area contributed by atoms with E-state index in [-0.39, 0.29) is 11.7 Å². The lowest BCUT2D eigenvalue weighted by Gasteiger charge is -2.10. The molecular weight excluding hydrogens is 383 g/mol. The first-order chi connectivity index (χ1) is 12.0. The number of halogens is 2. The summed E-state index contributed by atoms with van der Waals surface area (Å²) in [4.78, 5) is 12.2. The summed E-state index contributed by atoms with van der Waals surface area (Å²) in [5.74, 6) is 1.12. The molecule has 0 aliphatic rings. The van der Waals surface area contributed by atoms with E-state index in [0.717, 1.165) is 5.56 Å². The number of nitrogens with one attached hydrogen (secondary N) is 1. The van der Waals surface area contributed by atoms with Gasteiger partial charge in [0.25, 0.3) is 0 Å². The normalized spacial score (nSPS) is 10.9. The third kappa shape index (κ3) is 3.84. The molecule has 0 radical (unpaired) electrons. The second-order valence-corrected chi connectivity index (χ2v) is 6.96. The van der Waals surface area contributed by atoms with E-state index in [1.54, 1.807) is 35.1 Å². The Morgan fingerprint density at radius 1 is 1.32 bits per heavy atom. The van der Waals surface area contributed by atoms with Gasteiger partial charge in [0.15, 0.2) is 16.7 Å². The number of benzene rings is 1. The molecule has 6 nitrogen and oxygen atoms in total. The molecule has 1 aromatic carbocycles. The summed E-state index contributed by atoms with van der Waals surface area (Å²) >= 11 is 13.6. The monoisotopic (exact) mass is 396 g/mol. The molecule has 2 heterocycles. The van der Waals surface area contributed by atoms with Gasteiger partial charge >= 0.3 is 0 Å². The topological polar surface area (TPSA) is 73.0 Å². The number of hydrogen-bond acceptors (Lipinski definition) is 5. The highest BCUT2D eigenvalue weighted by molar-refractivity contribution is 7.99. The number of aromatic nitrogens is 3. The van der Waals surface area contributed by atoms with Crippen molar-refractivity contribution >= 4 is 46.6 Å². The minimum Gasteiger partial charge on any atom is -0.461 e. The highest BCUT2D eigenvalue weighted by Crippen LogP contribution is 2.33. The zero-order valence-corrected chi connectivity index (χ0v) is 15.7. The number of aryl methyl sites for hydroxylation is 1. The first-order valence-corrected chi connectivity index (χ1v) is 9.02. The van der Waals surface area contributed by atoms with E-state index in [9.17, 15) is 4.79 Å². The summed E-state index contributed by atoms with van der Waals surface area (Å²) in [6.45, 7) is 1.85. The lowest BCUT2D eigenvalue weighted by Crippen LogP contribution is -2.15. The number of anilines is 1. The van der Waals surface area contributed by atoms with Crippen LogP contribution < -0.4 is 5.32 Å². The van der Waals surface area contributed by atoms with Crippen LogP contribution in [0.5, 0.6) is 0 Å². The van der Waals surface area contributed by atoms with Crippen LogP contribution in [-0.2, 0) is 11.8 Å². The van der Waals surface area contributed by atoms with Crippen LogP contribution in [0, 0.1) is 6.92 Å². The van der Waals surface area contributed by atoms with Crippen molar-refractivity contribution in [2.75, 3.05) is 11.1 Å². The van der Waals surface area contributed by atoms with E-state index in [4.69, 9.17) is 27.6 Å². The standard InChI is InChI=1S/C16H14Cl2N4O2S/c1-9-5-6-10(17)14(13(9)18)19-12(23)8-25-16-21-20-15(22(16)2)11-4-3-7-24-11/h3-7H,8H2,1-2H3,(H,19,23). The second kappa shape index (κ2) is 7.51. The van der Waals surface area contributed by atoms with Gasteiger partial charge in [-0.15, -0.1) is 10.2 Å². The van der Waals surface area contributed by atoms with Crippen LogP contribution in [-0.4, -0.2) is 26.4 Å². The van der Waals surface area contributed by atoms with E-state index < -0.39 is 0 Å². The molecule has 3 aromatic rings. The first-order valence-electron chi connectivity index (χ1n) is 7.28. The maximum atomic E-state index is 12.2. The number of hydrogen-bond donors (Lipinski definition) is 1. The Labute approximate surface area is 158 Å². The SMILES string of the molecule is Cc1ccc(Cl)c(NC(=O)CSc2nnc(-c3ccco3)n2C)c1Cl. The van der Waals surface area contributed by atoms with Crippen LogP contribution in [0.3, 0.4) is 0 Å². The fourth-order valence-corrected chi connectivity index (χ4v) is 3.31. The fraction of sp³-hybridized carbons (Fsp3) is 0.188. The number of furan rings is 1. The van der Waals surface area contributed by atoms with Crippen molar-refractivity contribution in [1.29, 1.82) is 0 Å². The number of carbonyl (C=O) groups excluding carboxylic acids is 1. The van der Waals surface area contributed by atoms with Crippen molar-refractivity contribution in [3.63, 3.8) is 0 Å². The van der Waals surface area contributed by atoms with Crippen LogP contribution in [0.15, 0.2) is 40.1 Å². The van der Waals surface area contributed by atoms with E-state index in [1.165, 1.54) is 11.8 Å². The van der Waals surface area contributed by atoms with E-state index >= 15 is 0 Å². The Balaban J connectivity index is 1.67. The summed E-state index contributed by atoms with van der Waals surface area (Å²) < 4.78 is 7.08. The molecule has 0 bridgehead atoms. The Kier molecular flexibility index (Phi) is 5.36. The first kappa shape index (κ1) is 17.8. The Hall–Kier alpha value is -1.96. The van der Waals surface area contributed by atoms with Gasteiger partial charge in [-0.3, -0.25) is 4.79 Å². The van der Waals surface area contributed by atoms with Gasteiger partial charge in [-0.05, 0) is 30.7 Å². The Morgan fingerprint density at radius 2 is 2.12 bits per heavy atom. The van der Waals surface area contributed by atoms with Crippen molar-refractivity contribution in [3.8, 4) is 11.6 Å². The average molecular weight is 397 g/mol. The molecule has 1 N–H and O–H groups in total. The van der Waals surface area contributed by atoms with E-state index in [2.05, 4.69) is 15.5 Å². The third-order valence-corrected chi connectivity index (χ3v) is 5.28. The number of nitrogens with zero attached hydrogens (tertiary/aromatic N) is 3. The summed E-state index contributed by atoms with van der Waals surface area (Å²) in [6.07, 6.45) is 1.57. The molecule has 130 valence electrons. The van der Waals surface area contributed by atoms with Gasteiger partial charge in [0.2, 0.25) is 5.91 Å². The maximum Gasteiger partial charge on any atom is 0.234 e. The molecule has 0 atom stereocenters. The molecule has 0 aliphatic heterocycles. The molecule has 1 amide bonds. The Bertz CT molecular complexity index is 909. The molecule has 0 fully saturated rings. The van der Waals surface area contributed by atoms with Crippen molar-refractivity contribution in [3.05, 3.63) is 46.1 Å². The van der Waals surface area contributed by atoms with E-state index in [1.807, 2.05) is 14.0 Å². The van der Waals surface area contributed by atoms with Crippen LogP contribution in [0.2, 0.25) is 10.0 Å². The minimum atomic E-state index is -0.234. The molecule has 3 rings (SSSR count). The number of thioether (sulfide) groups is 1. The Morgan fingerprint density at radius 3 is 2.84 bits per heavy atom. The molecule has 0 saturated carbocycles. The van der Waals surface area contributed by atoms with Gasteiger partial charge < -0.3 is 14.3 Å². The fourth-order valence-electron chi connectivity index (χ4n) is 2.14. The number of amides is 1. The highest BCUT2D eigenvalue weighted by atomic mass is 35.5. The third-order valence-electron chi connectivity index (χ3n) is 3.46. The van der Waals surface area contributed by atoms with Crippen molar-refractivity contribution in [2.24, 2.45) is 7.05 Å². The molecule has 9 heteroatoms. The lowest BCUT2D eigenvalue weighted by atomic mass is 10.2. The van der Waals surface area contributed by atoms with Gasteiger partial charge in [0.1, 0.15) is 0 Å². The lowest BCUT2D eigenvalue weighted by molar-refractivity contribution is -0.113. The van der Waals surface area contributed by atoms with Gasteiger partial charge in [-0.2, -0.15) is 0 Å². The molecule has 0 unspecified atom stereocenters. The summed E-state index contributed by atoms with van der Waals surface area (Å²) in [5, 5.41) is 12.3. The van der Waals surface area contributed by atoms with Gasteiger partial charge in [0.05, 0.1) is 27.7 Å². The molecule has 0 saturated heterocycles. The largest absolute Gasteiger partial charge is 0.461 e. The van der Waals surface area contributed by atoms with Crippen LogP contribution in [0.1, 0.15) is 5.56 Å². The van der Waals surface area contributed by atoms with E-state index in [0.29, 0.717) is 32.5 Å². The van der Waals surface area contributed by atoms with Crippen LogP contribution >= 0.6 is 35.0 Å². The molecule has 25 heavy (non-hydrogen) atoms. The predicted octanol–water partition coefficient (Wildman–Crippen LogP) is 4.42. The van der Waals surface area contributed by atoms with Crippen LogP contribution in [0.4, 0.5) is 5.69 Å². The summed E-state index contributed by atoms with van der Waals surface area (Å²) in [5.41, 5.74) is 1.26. The number of carbonyl (C=O) groups is 1. The minimum absolute atomic E-state index is 0.144. The van der Waals surface area contributed by atoms with Gasteiger partial charge in [-0.1, -0.05) is 41.0 Å². The molecule has 0 aliphatic carbocycles. The van der Waals surface area contributed by atoms with Gasteiger partial charge in [-0.25, -0.2) is 0 Å². The zero-order valence-electron chi connectivity index (χ0n) is 13.4. The smallest absolute Gasteiger partial charge is 0.234 e. The molecule has 0 spiro atoms. The molecule has 2 aromatic heterocycles. The van der Waals surface area contributed by atoms with Crippen LogP contribution in [0.25, 0.3) is 11.6 Å². The maximum absolute atomic E-state index is 12.2. The van der Waals surface area contributed by atoms with Crippen molar-refractivity contribution in [1.82, 2.24) is 14.8 Å². The van der Waals surface area contributed by atoms with Gasteiger partial charge in [0, 0.05) is 7.05 Å². The highest BCUT2D eigenvalue weighted by Gasteiger charge is 2.16.